The molecule has 6 nitrogen and oxygen atoms in total. The number of aliphatic imine (C=N–C) groups is 1. The molecule has 0 amide bonds. The Labute approximate surface area is 349 Å². The summed E-state index contributed by atoms with van der Waals surface area (Å²) >= 11 is 1.73. The molecule has 0 aromatic rings. The van der Waals surface area contributed by atoms with Crippen molar-refractivity contribution in [2.24, 2.45) is 4.99 Å². The number of methoxy groups -OCH3 is 1. The van der Waals surface area contributed by atoms with E-state index in [4.69, 9.17) is 4.74 Å². The van der Waals surface area contributed by atoms with Gasteiger partial charge in [-0.1, -0.05) is 157 Å². The molecule has 0 saturated heterocycles. The van der Waals surface area contributed by atoms with E-state index >= 15 is 0 Å². The molecule has 0 fully saturated rings. The topological polar surface area (TPSA) is 89.9 Å². The van der Waals surface area contributed by atoms with Crippen molar-refractivity contribution in [1.82, 2.24) is 0 Å². The van der Waals surface area contributed by atoms with Crippen molar-refractivity contribution in [3.05, 3.63) is 23.8 Å². The summed E-state index contributed by atoms with van der Waals surface area (Å²) in [6.45, 7) is 31.4. The van der Waals surface area contributed by atoms with Crippen LogP contribution in [0.5, 0.6) is 0 Å². The van der Waals surface area contributed by atoms with Gasteiger partial charge in [-0.15, -0.1) is 11.8 Å². The molecule has 0 bridgehead atoms. The van der Waals surface area contributed by atoms with Crippen LogP contribution in [0.3, 0.4) is 0 Å². The Balaban J connectivity index is -0.0000000185. The van der Waals surface area contributed by atoms with Gasteiger partial charge in [0, 0.05) is 61.7 Å². The highest BCUT2D eigenvalue weighted by molar-refractivity contribution is 8.02. The summed E-state index contributed by atoms with van der Waals surface area (Å²) in [7, 11) is -1.68. The van der Waals surface area contributed by atoms with Gasteiger partial charge in [0.05, 0.1) is 12.9 Å². The summed E-state index contributed by atoms with van der Waals surface area (Å²) in [5, 5.41) is 0. The van der Waals surface area contributed by atoms with Crippen molar-refractivity contribution < 1.29 is 22.7 Å². The predicted molar refractivity (Wildman–Crippen MR) is 275 cm³/mol. The third-order valence-corrected chi connectivity index (χ3v) is 10.5. The Morgan fingerprint density at radius 1 is 0.566 bits per heavy atom. The number of hydrogen-bond acceptors (Lipinski definition) is 7. The molecule has 0 aromatic carbocycles. The van der Waals surface area contributed by atoms with Crippen LogP contribution in [0.2, 0.25) is 0 Å². The fourth-order valence-corrected chi connectivity index (χ4v) is 2.48. The van der Waals surface area contributed by atoms with Gasteiger partial charge in [0.15, 0.2) is 0 Å². The molecule has 0 saturated carbocycles. The second-order valence-corrected chi connectivity index (χ2v) is 15.7. The average molecular weight is 833 g/mol. The minimum absolute atomic E-state index is 0. The lowest BCUT2D eigenvalue weighted by molar-refractivity contribution is -0.119. The van der Waals surface area contributed by atoms with Crippen molar-refractivity contribution in [1.29, 1.82) is 0 Å². The minimum Gasteiger partial charge on any atom is -0.502 e. The average Bonchev–Trinajstić information content (AvgIpc) is 3.05. The number of rotatable bonds is 13. The number of ether oxygens (including phenoxy) is 1. The number of carbonyl (C=O) groups excluding carboxylic acids is 2. The van der Waals surface area contributed by atoms with Crippen molar-refractivity contribution in [2.75, 3.05) is 42.9 Å². The van der Waals surface area contributed by atoms with Crippen LogP contribution in [0, 0.1) is 0 Å². The van der Waals surface area contributed by atoms with Crippen LogP contribution in [-0.4, -0.2) is 80.9 Å². The van der Waals surface area contributed by atoms with E-state index in [1.165, 1.54) is 4.91 Å². The maximum absolute atomic E-state index is 10.8. The van der Waals surface area contributed by atoms with Crippen LogP contribution in [0.1, 0.15) is 196 Å². The van der Waals surface area contributed by atoms with Crippen LogP contribution < -0.4 is 0 Å². The molecule has 0 radical (unpaired) electrons. The number of carbonyl (C=O) groups is 2. The molecule has 53 heavy (non-hydrogen) atoms. The molecule has 0 unspecified atom stereocenters. The Morgan fingerprint density at radius 2 is 0.811 bits per heavy atom. The molecule has 0 heterocycles. The van der Waals surface area contributed by atoms with Crippen LogP contribution in [0.4, 0.5) is 0 Å². The summed E-state index contributed by atoms with van der Waals surface area (Å²) in [6.07, 6.45) is 8.63. The Kier molecular flexibility index (Phi) is 183. The lowest BCUT2D eigenvalue weighted by Crippen LogP contribution is -2.04. The highest BCUT2D eigenvalue weighted by atomic mass is 32.2. The molecular formula is C44H113NO5S3. The largest absolute Gasteiger partial charge is 0.502 e. The number of Topliss-reactive ketones (excluding diaryl/α,β-unsaturated/α-hetero) is 2. The van der Waals surface area contributed by atoms with Crippen molar-refractivity contribution in [2.45, 2.75) is 196 Å². The second-order valence-electron chi connectivity index (χ2n) is 8.53. The smallest absolute Gasteiger partial charge is 0.132 e. The van der Waals surface area contributed by atoms with E-state index in [0.29, 0.717) is 60.3 Å². The van der Waals surface area contributed by atoms with Gasteiger partial charge >= 0.3 is 0 Å². The van der Waals surface area contributed by atoms with Crippen molar-refractivity contribution >= 4 is 60.3 Å². The first-order valence-corrected chi connectivity index (χ1v) is 20.8. The zero-order valence-electron chi connectivity index (χ0n) is 30.9. The molecule has 342 valence electrons. The third-order valence-electron chi connectivity index (χ3n) is 5.41. The number of nitrogens with zero attached hydrogens (tertiary/aromatic N) is 1. The standard InChI is InChI=1S/2C5H12OS.3C5H10O.C5H10S.C4H9N.10CH4/c2*1-4-7(3,6)5-2;1-4-5(2)6-3;2*1-3-5(6)4-2;1-4-5(2)6-3;1-3-5-4-2;;;;;;;;;;/h2*3-5H2,1-2H3;2,4H2,1,3H3;2*3-4H2,1-2H3;2,4H2,1,3H3;3H,4H2,1-2H3;10*1H4. The summed E-state index contributed by atoms with van der Waals surface area (Å²) in [6, 6.07) is 0. The van der Waals surface area contributed by atoms with Gasteiger partial charge in [0.1, 0.15) is 11.6 Å². The number of thioether (sulfide) groups is 1. The van der Waals surface area contributed by atoms with Gasteiger partial charge in [-0.25, -0.2) is 0 Å². The second kappa shape index (κ2) is 88.1. The van der Waals surface area contributed by atoms with E-state index < -0.39 is 19.0 Å². The molecular weight excluding hydrogens is 719 g/mol. The first kappa shape index (κ1) is 110. The van der Waals surface area contributed by atoms with Crippen LogP contribution in [0.25, 0.3) is 0 Å². The molecule has 9 heteroatoms. The molecule has 0 spiro atoms. The number of allylic oxidation sites excluding steroid dienone is 2. The van der Waals surface area contributed by atoms with E-state index in [0.717, 1.165) is 25.1 Å². The molecule has 0 aliphatic heterocycles. The molecule has 0 aliphatic carbocycles. The summed E-state index contributed by atoms with van der Waals surface area (Å²) < 4.78 is 26.3. The summed E-state index contributed by atoms with van der Waals surface area (Å²) in [5.74, 6) is 11.4. The van der Waals surface area contributed by atoms with Crippen molar-refractivity contribution in [3.63, 3.8) is 0 Å². The lowest BCUT2D eigenvalue weighted by atomic mass is 10.3. The SMILES string of the molecule is C.C.C.C.C.C.C.C.C.C.C=C(CC)OC.C=C(CC)SC.C=S(=O)(CC)CC.C=S(=O)(CC)CC.CC=NCC.CCC(=O)CC.CCC(=O)CC. The number of ketones is 2. The quantitative estimate of drug-likeness (QED) is 0.104. The molecule has 0 rings (SSSR count). The monoisotopic (exact) mass is 832 g/mol. The van der Waals surface area contributed by atoms with Crippen LogP contribution in [0.15, 0.2) is 28.8 Å². The maximum Gasteiger partial charge on any atom is 0.132 e. The van der Waals surface area contributed by atoms with Gasteiger partial charge in [-0.05, 0) is 68.4 Å². The zero-order chi connectivity index (χ0) is 35.9. The van der Waals surface area contributed by atoms with E-state index in [-0.39, 0.29) is 74.3 Å². The number of hydrogen-bond donors (Lipinski definition) is 0. The summed E-state index contributed by atoms with van der Waals surface area (Å²) in [4.78, 5) is 25.5. The third kappa shape index (κ3) is 146. The Hall–Kier alpha value is -1.32. The zero-order valence-corrected chi connectivity index (χ0v) is 33.3. The van der Waals surface area contributed by atoms with Gasteiger partial charge in [-0.2, -0.15) is 0 Å². The van der Waals surface area contributed by atoms with Gasteiger partial charge in [0.25, 0.3) is 0 Å². The van der Waals surface area contributed by atoms with Gasteiger partial charge < -0.3 is 4.74 Å². The Morgan fingerprint density at radius 3 is 0.811 bits per heavy atom. The summed E-state index contributed by atoms with van der Waals surface area (Å²) in [5.41, 5.74) is 0. The highest BCUT2D eigenvalue weighted by Gasteiger charge is 1.92. The van der Waals surface area contributed by atoms with E-state index in [1.807, 2.05) is 82.4 Å². The lowest BCUT2D eigenvalue weighted by Gasteiger charge is -1.96. The molecule has 0 N–H and O–H groups in total. The normalized spacial score (nSPS) is 7.74. The van der Waals surface area contributed by atoms with E-state index in [9.17, 15) is 18.0 Å². The molecule has 0 aromatic heterocycles. The van der Waals surface area contributed by atoms with E-state index in [2.05, 4.69) is 36.8 Å². The molecule has 0 atom stereocenters. The van der Waals surface area contributed by atoms with Gasteiger partial charge in [0.2, 0.25) is 0 Å². The first-order valence-electron chi connectivity index (χ1n) is 15.5. The minimum atomic E-state index is -1.66. The Bertz CT molecular complexity index is 721. The first-order chi connectivity index (χ1) is 19.9. The fraction of sp³-hybridized carbons (Fsp3) is 0.795. The van der Waals surface area contributed by atoms with Crippen molar-refractivity contribution in [3.8, 4) is 0 Å². The van der Waals surface area contributed by atoms with Gasteiger partial charge in [-0.3, -0.25) is 23.0 Å². The maximum atomic E-state index is 10.8. The fourth-order valence-electron chi connectivity index (χ4n) is 1.38. The van der Waals surface area contributed by atoms with Crippen LogP contribution >= 0.6 is 11.8 Å². The molecule has 0 aliphatic rings. The highest BCUT2D eigenvalue weighted by Crippen LogP contribution is 2.10. The van der Waals surface area contributed by atoms with E-state index in [1.54, 1.807) is 25.1 Å². The predicted octanol–water partition coefficient (Wildman–Crippen LogP) is 15.5. The van der Waals surface area contributed by atoms with Crippen LogP contribution in [-0.2, 0) is 33.4 Å².